The van der Waals surface area contributed by atoms with Gasteiger partial charge in [0.05, 0.1) is 12.8 Å². The Hall–Kier alpha value is -1.43. The first-order valence-corrected chi connectivity index (χ1v) is 7.64. The zero-order valence-corrected chi connectivity index (χ0v) is 13.2. The average Bonchev–Trinajstić information content (AvgIpc) is 2.33. The minimum atomic E-state index is -5.80. The molecule has 136 valence electrons. The average molecular weight is 368 g/mol. The number of carbonyl (C=O) groups excluding carboxylic acids is 2. The highest BCUT2D eigenvalue weighted by Gasteiger charge is 2.51. The molecule has 0 radical (unpaired) electrons. The van der Waals surface area contributed by atoms with E-state index in [4.69, 9.17) is 4.55 Å². The third-order valence-corrected chi connectivity index (χ3v) is 3.70. The van der Waals surface area contributed by atoms with Crippen LogP contribution in [0.5, 0.6) is 0 Å². The van der Waals surface area contributed by atoms with Gasteiger partial charge in [0.25, 0.3) is 5.92 Å². The molecule has 0 aliphatic carbocycles. The molecule has 2 unspecified atom stereocenters. The van der Waals surface area contributed by atoms with E-state index in [-0.39, 0.29) is 0 Å². The molecule has 0 bridgehead atoms. The quantitative estimate of drug-likeness (QED) is 0.395. The Morgan fingerprint density at radius 1 is 1.00 bits per heavy atom. The number of hydrogen-bond donors (Lipinski definition) is 1. The summed E-state index contributed by atoms with van der Waals surface area (Å²) < 4.78 is 89.3. The Labute approximate surface area is 129 Å². The van der Waals surface area contributed by atoms with Crippen LogP contribution in [-0.2, 0) is 29.2 Å². The summed E-state index contributed by atoms with van der Waals surface area (Å²) in [5.41, 5.74) is 0. The van der Waals surface area contributed by atoms with Crippen molar-refractivity contribution >= 4 is 22.1 Å². The smallest absolute Gasteiger partial charge is 0.405 e. The van der Waals surface area contributed by atoms with E-state index in [0.717, 1.165) is 6.92 Å². The highest BCUT2D eigenvalue weighted by molar-refractivity contribution is 7.86. The standard InChI is InChI=1S/C11H16F4O7S/c1-6(10(3,12)13)21-8(16)4-5-9(17)22-7(2)11(14,15)23(18,19)20/h6-7H,4-5H2,1-3H3,(H,18,19,20). The Kier molecular flexibility index (Phi) is 6.96. The minimum absolute atomic E-state index is 0.512. The van der Waals surface area contributed by atoms with Gasteiger partial charge in [-0.25, -0.2) is 8.78 Å². The van der Waals surface area contributed by atoms with Gasteiger partial charge in [0, 0.05) is 6.92 Å². The summed E-state index contributed by atoms with van der Waals surface area (Å²) in [5, 5.41) is -4.73. The van der Waals surface area contributed by atoms with Crippen molar-refractivity contribution in [3.05, 3.63) is 0 Å². The molecule has 0 aliphatic heterocycles. The number of ether oxygens (including phenoxy) is 2. The van der Waals surface area contributed by atoms with Gasteiger partial charge in [-0.1, -0.05) is 0 Å². The van der Waals surface area contributed by atoms with Crippen molar-refractivity contribution in [3.8, 4) is 0 Å². The lowest BCUT2D eigenvalue weighted by atomic mass is 10.2. The normalized spacial score (nSPS) is 15.7. The second kappa shape index (κ2) is 7.43. The van der Waals surface area contributed by atoms with Gasteiger partial charge in [0.2, 0.25) is 0 Å². The van der Waals surface area contributed by atoms with E-state index in [1.54, 1.807) is 0 Å². The van der Waals surface area contributed by atoms with Gasteiger partial charge < -0.3 is 9.47 Å². The van der Waals surface area contributed by atoms with Crippen molar-refractivity contribution in [2.45, 2.75) is 57.0 Å². The van der Waals surface area contributed by atoms with Gasteiger partial charge in [0.1, 0.15) is 0 Å². The molecule has 12 heteroatoms. The van der Waals surface area contributed by atoms with Gasteiger partial charge in [-0.15, -0.1) is 0 Å². The van der Waals surface area contributed by atoms with Crippen molar-refractivity contribution < 1.29 is 49.6 Å². The van der Waals surface area contributed by atoms with Crippen LogP contribution in [0.2, 0.25) is 0 Å². The van der Waals surface area contributed by atoms with Crippen LogP contribution in [0.1, 0.15) is 33.6 Å². The molecule has 23 heavy (non-hydrogen) atoms. The van der Waals surface area contributed by atoms with Crippen molar-refractivity contribution in [1.29, 1.82) is 0 Å². The highest BCUT2D eigenvalue weighted by atomic mass is 32.2. The van der Waals surface area contributed by atoms with Crippen molar-refractivity contribution in [2.75, 3.05) is 0 Å². The highest BCUT2D eigenvalue weighted by Crippen LogP contribution is 2.27. The summed E-state index contributed by atoms with van der Waals surface area (Å²) in [6, 6.07) is 0. The van der Waals surface area contributed by atoms with Crippen LogP contribution < -0.4 is 0 Å². The van der Waals surface area contributed by atoms with E-state index < -0.39 is 58.3 Å². The van der Waals surface area contributed by atoms with E-state index in [2.05, 4.69) is 9.47 Å². The summed E-state index contributed by atoms with van der Waals surface area (Å²) in [7, 11) is -5.80. The zero-order valence-electron chi connectivity index (χ0n) is 12.4. The summed E-state index contributed by atoms with van der Waals surface area (Å²) in [5.74, 6) is -5.89. The maximum absolute atomic E-state index is 13.1. The largest absolute Gasteiger partial charge is 0.456 e. The van der Waals surface area contributed by atoms with Crippen LogP contribution in [0.3, 0.4) is 0 Å². The molecule has 0 spiro atoms. The second-order valence-electron chi connectivity index (χ2n) is 4.76. The lowest BCUT2D eigenvalue weighted by Gasteiger charge is -2.21. The molecule has 0 fully saturated rings. The number of rotatable bonds is 8. The molecule has 0 aromatic carbocycles. The molecule has 0 aromatic heterocycles. The van der Waals surface area contributed by atoms with Gasteiger partial charge >= 0.3 is 27.3 Å². The number of halogens is 4. The summed E-state index contributed by atoms with van der Waals surface area (Å²) >= 11 is 0. The van der Waals surface area contributed by atoms with Crippen LogP contribution in [0.4, 0.5) is 17.6 Å². The fourth-order valence-corrected chi connectivity index (χ4v) is 1.57. The fourth-order valence-electron chi connectivity index (χ4n) is 1.10. The molecule has 0 saturated carbocycles. The third-order valence-electron chi connectivity index (χ3n) is 2.68. The Morgan fingerprint density at radius 3 is 1.65 bits per heavy atom. The maximum Gasteiger partial charge on any atom is 0.405 e. The topological polar surface area (TPSA) is 107 Å². The van der Waals surface area contributed by atoms with Crippen molar-refractivity contribution in [1.82, 2.24) is 0 Å². The van der Waals surface area contributed by atoms with Crippen LogP contribution in [-0.4, -0.2) is 48.3 Å². The predicted molar refractivity (Wildman–Crippen MR) is 67.5 cm³/mol. The molecule has 1 N–H and O–H groups in total. The van der Waals surface area contributed by atoms with E-state index in [0.29, 0.717) is 13.8 Å². The van der Waals surface area contributed by atoms with Gasteiger partial charge in [-0.05, 0) is 13.8 Å². The van der Waals surface area contributed by atoms with Crippen LogP contribution >= 0.6 is 0 Å². The molecule has 0 aliphatic rings. The minimum Gasteiger partial charge on any atom is -0.456 e. The molecule has 2 atom stereocenters. The van der Waals surface area contributed by atoms with Gasteiger partial charge in [-0.3, -0.25) is 14.1 Å². The molecular formula is C11H16F4O7S. The lowest BCUT2D eigenvalue weighted by Crippen LogP contribution is -2.42. The van der Waals surface area contributed by atoms with Crippen molar-refractivity contribution in [2.24, 2.45) is 0 Å². The number of carbonyl (C=O) groups is 2. The van der Waals surface area contributed by atoms with Gasteiger partial charge in [-0.2, -0.15) is 17.2 Å². The molecule has 0 saturated heterocycles. The first-order chi connectivity index (χ1) is 10.1. The first-order valence-electron chi connectivity index (χ1n) is 6.20. The number of alkyl halides is 4. The zero-order chi connectivity index (χ0) is 18.6. The number of hydrogen-bond acceptors (Lipinski definition) is 6. The molecule has 7 nitrogen and oxygen atoms in total. The molecule has 0 amide bonds. The van der Waals surface area contributed by atoms with Crippen molar-refractivity contribution in [3.63, 3.8) is 0 Å². The Bertz CT molecular complexity index is 541. The number of esters is 2. The molecule has 0 heterocycles. The summed E-state index contributed by atoms with van der Waals surface area (Å²) in [6.07, 6.45) is -5.80. The third kappa shape index (κ3) is 6.69. The maximum atomic E-state index is 13.1. The Balaban J connectivity index is 4.45. The van der Waals surface area contributed by atoms with E-state index in [1.165, 1.54) is 0 Å². The molecule has 0 rings (SSSR count). The SMILES string of the molecule is CC(OC(=O)CCC(=O)OC(C)C(F)(F)S(=O)(=O)O)C(C)(F)F. The van der Waals surface area contributed by atoms with E-state index >= 15 is 0 Å². The fraction of sp³-hybridized carbons (Fsp3) is 0.818. The van der Waals surface area contributed by atoms with Crippen LogP contribution in [0, 0.1) is 0 Å². The summed E-state index contributed by atoms with van der Waals surface area (Å²) in [6.45, 7) is 1.95. The second-order valence-corrected chi connectivity index (χ2v) is 6.25. The first kappa shape index (κ1) is 21.6. The van der Waals surface area contributed by atoms with E-state index in [9.17, 15) is 35.6 Å². The van der Waals surface area contributed by atoms with E-state index in [1.807, 2.05) is 0 Å². The molecular weight excluding hydrogens is 352 g/mol. The molecule has 0 aromatic rings. The Morgan fingerprint density at radius 2 is 1.35 bits per heavy atom. The van der Waals surface area contributed by atoms with Gasteiger partial charge in [0.15, 0.2) is 12.2 Å². The monoisotopic (exact) mass is 368 g/mol. The summed E-state index contributed by atoms with van der Waals surface area (Å²) in [4.78, 5) is 22.4. The lowest BCUT2D eigenvalue weighted by molar-refractivity contribution is -0.170. The van der Waals surface area contributed by atoms with Crippen LogP contribution in [0.15, 0.2) is 0 Å². The predicted octanol–water partition coefficient (Wildman–Crippen LogP) is 1.77. The van der Waals surface area contributed by atoms with Crippen LogP contribution in [0.25, 0.3) is 0 Å².